The average Bonchev–Trinajstić information content (AvgIpc) is 2.89. The SMILES string of the molecule is CCCCCCCCCCCCN(CCCCCCCCCCCC)C(CCC(=O)Cl)C(=O)OC(=O)C[N+](C)(C)C. The maximum absolute atomic E-state index is 13.2. The molecular formula is C34H66ClN2O4+. The highest BCUT2D eigenvalue weighted by molar-refractivity contribution is 6.63. The maximum Gasteiger partial charge on any atom is 0.369 e. The Morgan fingerprint density at radius 3 is 1.34 bits per heavy atom. The van der Waals surface area contributed by atoms with E-state index >= 15 is 0 Å². The predicted molar refractivity (Wildman–Crippen MR) is 173 cm³/mol. The average molecular weight is 602 g/mol. The predicted octanol–water partition coefficient (Wildman–Crippen LogP) is 8.82. The topological polar surface area (TPSA) is 63.7 Å². The monoisotopic (exact) mass is 601 g/mol. The molecule has 242 valence electrons. The van der Waals surface area contributed by atoms with Crippen LogP contribution in [-0.2, 0) is 19.1 Å². The molecule has 0 radical (unpaired) electrons. The molecule has 0 aliphatic heterocycles. The Kier molecular flexibility index (Phi) is 26.0. The molecule has 0 saturated heterocycles. The number of rotatable bonds is 29. The third-order valence-electron chi connectivity index (χ3n) is 7.74. The van der Waals surface area contributed by atoms with Gasteiger partial charge in [0.15, 0.2) is 6.54 Å². The number of esters is 2. The van der Waals surface area contributed by atoms with Gasteiger partial charge in [0.05, 0.1) is 21.1 Å². The number of likely N-dealkylation sites (N-methyl/N-ethyl adjacent to an activating group) is 1. The standard InChI is InChI=1S/C34H66ClN2O4/c1-6-8-10-12-14-16-18-20-22-24-28-36(29-25-23-21-19-17-15-13-11-9-7-2)31(26-27-32(35)38)34(40)41-33(39)30-37(3,4)5/h31H,6-30H2,1-5H3/q+1. The van der Waals surface area contributed by atoms with Crippen molar-refractivity contribution < 1.29 is 23.6 Å². The number of carbonyl (C=O) groups is 3. The molecular weight excluding hydrogens is 536 g/mol. The molecule has 0 bridgehead atoms. The fraction of sp³-hybridized carbons (Fsp3) is 0.912. The summed E-state index contributed by atoms with van der Waals surface area (Å²) in [7, 11) is 5.66. The molecule has 0 aromatic heterocycles. The van der Waals surface area contributed by atoms with Crippen LogP contribution in [0, 0.1) is 0 Å². The minimum absolute atomic E-state index is 0.0947. The number of carbonyl (C=O) groups excluding carboxylic acids is 3. The Hall–Kier alpha value is -0.980. The lowest BCUT2D eigenvalue weighted by atomic mass is 10.0. The Labute approximate surface area is 258 Å². The summed E-state index contributed by atoms with van der Waals surface area (Å²) in [6, 6.07) is -0.619. The number of hydrogen-bond donors (Lipinski definition) is 0. The van der Waals surface area contributed by atoms with Crippen LogP contribution >= 0.6 is 11.6 Å². The molecule has 0 amide bonds. The van der Waals surface area contributed by atoms with Gasteiger partial charge in [-0.15, -0.1) is 0 Å². The summed E-state index contributed by atoms with van der Waals surface area (Å²) in [6.07, 6.45) is 25.5. The van der Waals surface area contributed by atoms with Crippen LogP contribution in [0.3, 0.4) is 0 Å². The molecule has 0 fully saturated rings. The molecule has 1 unspecified atom stereocenters. The molecule has 0 rings (SSSR count). The van der Waals surface area contributed by atoms with Crippen LogP contribution in [0.2, 0.25) is 0 Å². The van der Waals surface area contributed by atoms with E-state index in [4.69, 9.17) is 16.3 Å². The van der Waals surface area contributed by atoms with Crippen LogP contribution < -0.4 is 0 Å². The first-order valence-corrected chi connectivity index (χ1v) is 17.5. The van der Waals surface area contributed by atoms with E-state index in [9.17, 15) is 14.4 Å². The number of ether oxygens (including phenoxy) is 1. The molecule has 41 heavy (non-hydrogen) atoms. The van der Waals surface area contributed by atoms with Gasteiger partial charge >= 0.3 is 11.9 Å². The first kappa shape index (κ1) is 40.0. The van der Waals surface area contributed by atoms with Gasteiger partial charge in [-0.05, 0) is 44.0 Å². The minimum atomic E-state index is -0.619. The Bertz CT molecular complexity index is 642. The second-order valence-electron chi connectivity index (χ2n) is 13.1. The van der Waals surface area contributed by atoms with E-state index in [1.54, 1.807) is 0 Å². The highest BCUT2D eigenvalue weighted by atomic mass is 35.5. The van der Waals surface area contributed by atoms with Crippen molar-refractivity contribution in [1.82, 2.24) is 4.90 Å². The smallest absolute Gasteiger partial charge is 0.369 e. The molecule has 0 aliphatic carbocycles. The van der Waals surface area contributed by atoms with Crippen molar-refractivity contribution >= 4 is 28.8 Å². The number of hydrogen-bond acceptors (Lipinski definition) is 5. The van der Waals surface area contributed by atoms with Crippen molar-refractivity contribution in [2.45, 2.75) is 161 Å². The van der Waals surface area contributed by atoms with Gasteiger partial charge in [-0.2, -0.15) is 0 Å². The summed E-state index contributed by atoms with van der Waals surface area (Å²) in [5, 5.41) is -0.460. The molecule has 0 saturated carbocycles. The third-order valence-corrected chi connectivity index (χ3v) is 7.93. The summed E-state index contributed by atoms with van der Waals surface area (Å²) < 4.78 is 5.70. The zero-order valence-corrected chi connectivity index (χ0v) is 28.4. The van der Waals surface area contributed by atoms with Crippen molar-refractivity contribution in [2.75, 3.05) is 40.8 Å². The van der Waals surface area contributed by atoms with Gasteiger partial charge in [-0.25, -0.2) is 9.59 Å². The highest BCUT2D eigenvalue weighted by Gasteiger charge is 2.30. The molecule has 0 spiro atoms. The number of unbranched alkanes of at least 4 members (excludes halogenated alkanes) is 18. The van der Waals surface area contributed by atoms with Crippen molar-refractivity contribution in [2.24, 2.45) is 0 Å². The Morgan fingerprint density at radius 1 is 0.634 bits per heavy atom. The molecule has 0 N–H and O–H groups in total. The first-order chi connectivity index (χ1) is 19.6. The summed E-state index contributed by atoms with van der Waals surface area (Å²) in [5.74, 6) is -1.07. The van der Waals surface area contributed by atoms with Crippen LogP contribution in [0.15, 0.2) is 0 Å². The largest absolute Gasteiger partial charge is 0.388 e. The van der Waals surface area contributed by atoms with Gasteiger partial charge in [0.25, 0.3) is 0 Å². The number of halogens is 1. The van der Waals surface area contributed by atoms with E-state index in [0.717, 1.165) is 38.8 Å². The Morgan fingerprint density at radius 2 is 1.00 bits per heavy atom. The van der Waals surface area contributed by atoms with E-state index in [2.05, 4.69) is 18.7 Å². The molecule has 0 heterocycles. The molecule has 0 aromatic rings. The van der Waals surface area contributed by atoms with Crippen molar-refractivity contribution in [3.63, 3.8) is 0 Å². The normalized spacial score (nSPS) is 12.6. The molecule has 0 aliphatic rings. The van der Waals surface area contributed by atoms with Gasteiger partial charge in [0.1, 0.15) is 6.04 Å². The maximum atomic E-state index is 13.2. The van der Waals surface area contributed by atoms with E-state index in [0.29, 0.717) is 4.48 Å². The van der Waals surface area contributed by atoms with Crippen LogP contribution in [-0.4, -0.2) is 73.4 Å². The third kappa shape index (κ3) is 26.4. The highest BCUT2D eigenvalue weighted by Crippen LogP contribution is 2.17. The van der Waals surface area contributed by atoms with Crippen molar-refractivity contribution in [3.8, 4) is 0 Å². The quantitative estimate of drug-likeness (QED) is 0.0282. The second kappa shape index (κ2) is 26.6. The van der Waals surface area contributed by atoms with Crippen LogP contribution in [0.1, 0.15) is 155 Å². The lowest BCUT2D eigenvalue weighted by Crippen LogP contribution is -2.46. The zero-order chi connectivity index (χ0) is 30.8. The zero-order valence-electron chi connectivity index (χ0n) is 27.7. The fourth-order valence-corrected chi connectivity index (χ4v) is 5.44. The summed E-state index contributed by atoms with van der Waals surface area (Å²) in [6.45, 7) is 6.16. The summed E-state index contributed by atoms with van der Waals surface area (Å²) >= 11 is 5.68. The second-order valence-corrected chi connectivity index (χ2v) is 13.5. The van der Waals surface area contributed by atoms with Gasteiger partial charge in [-0.1, -0.05) is 129 Å². The van der Waals surface area contributed by atoms with Crippen molar-refractivity contribution in [3.05, 3.63) is 0 Å². The van der Waals surface area contributed by atoms with Crippen LogP contribution in [0.4, 0.5) is 0 Å². The lowest BCUT2D eigenvalue weighted by Gasteiger charge is -2.30. The molecule has 6 nitrogen and oxygen atoms in total. The molecule has 7 heteroatoms. The minimum Gasteiger partial charge on any atom is -0.388 e. The van der Waals surface area contributed by atoms with E-state index in [1.165, 1.54) is 103 Å². The Balaban J connectivity index is 4.92. The van der Waals surface area contributed by atoms with Crippen LogP contribution in [0.25, 0.3) is 0 Å². The van der Waals surface area contributed by atoms with Gasteiger partial charge in [0, 0.05) is 6.42 Å². The molecule has 1 atom stereocenters. The summed E-state index contributed by atoms with van der Waals surface area (Å²) in [4.78, 5) is 39.4. The first-order valence-electron chi connectivity index (χ1n) is 17.1. The van der Waals surface area contributed by atoms with E-state index < -0.39 is 23.2 Å². The van der Waals surface area contributed by atoms with E-state index in [1.807, 2.05) is 21.1 Å². The van der Waals surface area contributed by atoms with Gasteiger partial charge < -0.3 is 9.22 Å². The lowest BCUT2D eigenvalue weighted by molar-refractivity contribution is -0.862. The fourth-order valence-electron chi connectivity index (χ4n) is 5.33. The van der Waals surface area contributed by atoms with Gasteiger partial charge in [0.2, 0.25) is 5.24 Å². The molecule has 0 aromatic carbocycles. The van der Waals surface area contributed by atoms with Crippen molar-refractivity contribution in [1.29, 1.82) is 0 Å². The van der Waals surface area contributed by atoms with E-state index in [-0.39, 0.29) is 19.4 Å². The number of nitrogens with zero attached hydrogens (tertiary/aromatic N) is 2. The van der Waals surface area contributed by atoms with Gasteiger partial charge in [-0.3, -0.25) is 9.69 Å². The number of quaternary nitrogens is 1. The van der Waals surface area contributed by atoms with Crippen LogP contribution in [0.5, 0.6) is 0 Å². The summed E-state index contributed by atoms with van der Waals surface area (Å²) in [5.41, 5.74) is 0.